The highest BCUT2D eigenvalue weighted by molar-refractivity contribution is 8.18. The molecule has 1 saturated heterocycles. The number of nitrogens with zero attached hydrogens (tertiary/aromatic N) is 1. The smallest absolute Gasteiger partial charge is 0.264 e. The molecule has 3 nitrogen and oxygen atoms in total. The van der Waals surface area contributed by atoms with E-state index in [1.807, 2.05) is 61.5 Å². The van der Waals surface area contributed by atoms with E-state index in [2.05, 4.69) is 10.3 Å². The van der Waals surface area contributed by atoms with Gasteiger partial charge in [-0.1, -0.05) is 48.0 Å². The number of hydrogen-bond acceptors (Lipinski definition) is 3. The van der Waals surface area contributed by atoms with Crippen molar-refractivity contribution in [2.24, 2.45) is 4.99 Å². The molecular weight excluding hydrogens is 340 g/mol. The lowest BCUT2D eigenvalue weighted by Gasteiger charge is -1.97. The van der Waals surface area contributed by atoms with Crippen molar-refractivity contribution in [2.45, 2.75) is 6.92 Å². The Morgan fingerprint density at radius 3 is 2.54 bits per heavy atom. The summed E-state index contributed by atoms with van der Waals surface area (Å²) in [6.45, 7) is 1.97. The Morgan fingerprint density at radius 2 is 1.83 bits per heavy atom. The fourth-order valence-electron chi connectivity index (χ4n) is 2.17. The largest absolute Gasteiger partial charge is 0.300 e. The number of amidine groups is 1. The highest BCUT2D eigenvalue weighted by Gasteiger charge is 2.23. The minimum absolute atomic E-state index is 0.131. The van der Waals surface area contributed by atoms with Crippen molar-refractivity contribution in [3.63, 3.8) is 0 Å². The van der Waals surface area contributed by atoms with Crippen molar-refractivity contribution < 1.29 is 4.79 Å². The zero-order chi connectivity index (χ0) is 16.9. The van der Waals surface area contributed by atoms with E-state index in [0.29, 0.717) is 15.1 Å². The van der Waals surface area contributed by atoms with Crippen molar-refractivity contribution >= 4 is 46.2 Å². The molecule has 2 aromatic carbocycles. The first-order valence-electron chi connectivity index (χ1n) is 7.39. The third kappa shape index (κ3) is 4.37. The number of rotatable bonds is 3. The number of carbonyl (C=O) groups excluding carboxylic acids is 1. The SMILES string of the molecule is CC(=Cc1ccccc1)C=C1SC(=Nc2ccc(Cl)cc2)NC1=O. The molecule has 0 bridgehead atoms. The molecule has 0 aromatic heterocycles. The molecule has 1 aliphatic rings. The monoisotopic (exact) mass is 354 g/mol. The van der Waals surface area contributed by atoms with Gasteiger partial charge < -0.3 is 5.32 Å². The summed E-state index contributed by atoms with van der Waals surface area (Å²) in [7, 11) is 0. The molecule has 24 heavy (non-hydrogen) atoms. The Balaban J connectivity index is 1.77. The second-order valence-electron chi connectivity index (χ2n) is 5.26. The van der Waals surface area contributed by atoms with Crippen molar-refractivity contribution in [3.05, 3.63) is 81.7 Å². The van der Waals surface area contributed by atoms with Crippen LogP contribution in [0.2, 0.25) is 5.02 Å². The summed E-state index contributed by atoms with van der Waals surface area (Å²) in [5, 5.41) is 4.01. The van der Waals surface area contributed by atoms with Gasteiger partial charge in [-0.05, 0) is 60.2 Å². The normalized spacial score (nSPS) is 18.2. The maximum absolute atomic E-state index is 12.1. The van der Waals surface area contributed by atoms with Gasteiger partial charge in [-0.3, -0.25) is 4.79 Å². The fraction of sp³-hybridized carbons (Fsp3) is 0.0526. The standard InChI is InChI=1S/C19H15ClN2OS/c1-13(11-14-5-3-2-4-6-14)12-17-18(23)22-19(24-17)21-16-9-7-15(20)8-10-16/h2-12H,1H3,(H,21,22,23). The highest BCUT2D eigenvalue weighted by atomic mass is 35.5. The van der Waals surface area contributed by atoms with Crippen LogP contribution in [0.15, 0.2) is 76.1 Å². The summed E-state index contributed by atoms with van der Waals surface area (Å²) in [5.74, 6) is -0.131. The Labute approximate surface area is 150 Å². The second kappa shape index (κ2) is 7.51. The molecule has 0 radical (unpaired) electrons. The molecule has 0 atom stereocenters. The summed E-state index contributed by atoms with van der Waals surface area (Å²) >= 11 is 7.19. The van der Waals surface area contributed by atoms with Gasteiger partial charge >= 0.3 is 0 Å². The molecule has 120 valence electrons. The van der Waals surface area contributed by atoms with Gasteiger partial charge in [0.05, 0.1) is 10.6 Å². The van der Waals surface area contributed by atoms with Gasteiger partial charge in [-0.2, -0.15) is 0 Å². The zero-order valence-electron chi connectivity index (χ0n) is 13.0. The van der Waals surface area contributed by atoms with Crippen LogP contribution >= 0.6 is 23.4 Å². The molecule has 0 aliphatic carbocycles. The van der Waals surface area contributed by atoms with Crippen molar-refractivity contribution in [1.82, 2.24) is 5.32 Å². The zero-order valence-corrected chi connectivity index (χ0v) is 14.6. The van der Waals surface area contributed by atoms with E-state index in [1.54, 1.807) is 12.1 Å². The van der Waals surface area contributed by atoms with Crippen LogP contribution in [0.5, 0.6) is 0 Å². The number of amides is 1. The molecule has 0 unspecified atom stereocenters. The molecule has 1 N–H and O–H groups in total. The number of carbonyl (C=O) groups is 1. The molecule has 1 heterocycles. The first-order chi connectivity index (χ1) is 11.6. The van der Waals surface area contributed by atoms with Crippen LogP contribution in [-0.4, -0.2) is 11.1 Å². The highest BCUT2D eigenvalue weighted by Crippen LogP contribution is 2.28. The Morgan fingerprint density at radius 1 is 1.12 bits per heavy atom. The Hall–Kier alpha value is -2.30. The van der Waals surface area contributed by atoms with Crippen LogP contribution in [0.1, 0.15) is 12.5 Å². The number of thioether (sulfide) groups is 1. The first-order valence-corrected chi connectivity index (χ1v) is 8.58. The van der Waals surface area contributed by atoms with Crippen molar-refractivity contribution in [3.8, 4) is 0 Å². The first kappa shape index (κ1) is 16.6. The van der Waals surface area contributed by atoms with E-state index < -0.39 is 0 Å². The van der Waals surface area contributed by atoms with Crippen LogP contribution in [0.4, 0.5) is 5.69 Å². The van der Waals surface area contributed by atoms with Crippen LogP contribution < -0.4 is 5.32 Å². The summed E-state index contributed by atoms with van der Waals surface area (Å²) in [4.78, 5) is 17.1. The molecule has 0 spiro atoms. The van der Waals surface area contributed by atoms with Gasteiger partial charge in [0.15, 0.2) is 5.17 Å². The van der Waals surface area contributed by atoms with Gasteiger partial charge in [0.2, 0.25) is 0 Å². The van der Waals surface area contributed by atoms with Crippen LogP contribution in [0.3, 0.4) is 0 Å². The molecule has 5 heteroatoms. The van der Waals surface area contributed by atoms with E-state index in [1.165, 1.54) is 11.8 Å². The summed E-state index contributed by atoms with van der Waals surface area (Å²) in [6, 6.07) is 17.2. The molecule has 0 saturated carbocycles. The predicted octanol–water partition coefficient (Wildman–Crippen LogP) is 5.18. The topological polar surface area (TPSA) is 41.5 Å². The van der Waals surface area contributed by atoms with E-state index in [9.17, 15) is 4.79 Å². The van der Waals surface area contributed by atoms with Gasteiger partial charge in [0.25, 0.3) is 5.91 Å². The third-order valence-corrected chi connectivity index (χ3v) is 4.42. The lowest BCUT2D eigenvalue weighted by molar-refractivity contribution is -0.115. The number of hydrogen-bond donors (Lipinski definition) is 1. The fourth-order valence-corrected chi connectivity index (χ4v) is 3.19. The van der Waals surface area contributed by atoms with E-state index >= 15 is 0 Å². The summed E-state index contributed by atoms with van der Waals surface area (Å²) in [6.07, 6.45) is 3.91. The molecule has 2 aromatic rings. The molecular formula is C19H15ClN2OS. The minimum Gasteiger partial charge on any atom is -0.300 e. The van der Waals surface area contributed by atoms with Gasteiger partial charge in [0, 0.05) is 5.02 Å². The quantitative estimate of drug-likeness (QED) is 0.772. The Bertz CT molecular complexity index is 839. The lowest BCUT2D eigenvalue weighted by atomic mass is 10.1. The lowest BCUT2D eigenvalue weighted by Crippen LogP contribution is -2.19. The van der Waals surface area contributed by atoms with Gasteiger partial charge in [-0.15, -0.1) is 0 Å². The maximum atomic E-state index is 12.1. The summed E-state index contributed by atoms with van der Waals surface area (Å²) < 4.78 is 0. The van der Waals surface area contributed by atoms with E-state index in [-0.39, 0.29) is 5.91 Å². The van der Waals surface area contributed by atoms with Gasteiger partial charge in [-0.25, -0.2) is 4.99 Å². The van der Waals surface area contributed by atoms with Crippen molar-refractivity contribution in [1.29, 1.82) is 0 Å². The maximum Gasteiger partial charge on any atom is 0.264 e. The average Bonchev–Trinajstić information content (AvgIpc) is 2.90. The van der Waals surface area contributed by atoms with Crippen LogP contribution in [-0.2, 0) is 4.79 Å². The molecule has 1 amide bonds. The number of aliphatic imine (C=N–C) groups is 1. The number of benzene rings is 2. The Kier molecular flexibility index (Phi) is 5.18. The van der Waals surface area contributed by atoms with E-state index in [0.717, 1.165) is 16.8 Å². The number of halogens is 1. The minimum atomic E-state index is -0.131. The average molecular weight is 355 g/mol. The van der Waals surface area contributed by atoms with Crippen LogP contribution in [0, 0.1) is 0 Å². The summed E-state index contributed by atoms with van der Waals surface area (Å²) in [5.41, 5.74) is 2.86. The second-order valence-corrected chi connectivity index (χ2v) is 6.72. The molecule has 3 rings (SSSR count). The molecule has 1 fully saturated rings. The molecule has 1 aliphatic heterocycles. The number of nitrogens with one attached hydrogen (secondary N) is 1. The third-order valence-electron chi connectivity index (χ3n) is 3.26. The number of allylic oxidation sites excluding steroid dienone is 2. The van der Waals surface area contributed by atoms with Crippen molar-refractivity contribution in [2.75, 3.05) is 0 Å². The van der Waals surface area contributed by atoms with E-state index in [4.69, 9.17) is 11.6 Å². The van der Waals surface area contributed by atoms with Crippen LogP contribution in [0.25, 0.3) is 6.08 Å². The van der Waals surface area contributed by atoms with Gasteiger partial charge in [0.1, 0.15) is 0 Å². The predicted molar refractivity (Wildman–Crippen MR) is 102 cm³/mol.